The van der Waals surface area contributed by atoms with Crippen molar-refractivity contribution in [2.24, 2.45) is 11.8 Å². The number of halogens is 4. The molecular weight excluding hydrogens is 177 g/mol. The Balaban J connectivity index is 3.88. The van der Waals surface area contributed by atoms with Crippen LogP contribution in [0.1, 0.15) is 20.3 Å². The summed E-state index contributed by atoms with van der Waals surface area (Å²) in [7, 11) is 0. The maximum Gasteiger partial charge on any atom is 0.389 e. The molecule has 0 saturated carbocycles. The molecule has 0 radical (unpaired) electrons. The molecule has 1 unspecified atom stereocenters. The van der Waals surface area contributed by atoms with E-state index < -0.39 is 18.5 Å². The Bertz CT molecular complexity index is 109. The molecule has 0 aliphatic rings. The van der Waals surface area contributed by atoms with Crippen molar-refractivity contribution in [2.45, 2.75) is 26.4 Å². The van der Waals surface area contributed by atoms with Gasteiger partial charge in [0.15, 0.2) is 0 Å². The van der Waals surface area contributed by atoms with Crippen LogP contribution in [0.3, 0.4) is 0 Å². The molecule has 0 spiro atoms. The SMILES string of the molecule is CC(C)C(CCl)CC(F)(F)F. The quantitative estimate of drug-likeness (QED) is 0.595. The van der Waals surface area contributed by atoms with Crippen LogP contribution in [0.15, 0.2) is 0 Å². The Kier molecular flexibility index (Phi) is 4.22. The summed E-state index contributed by atoms with van der Waals surface area (Å²) in [6, 6.07) is 0. The maximum atomic E-state index is 11.8. The van der Waals surface area contributed by atoms with Gasteiger partial charge in [0.2, 0.25) is 0 Å². The van der Waals surface area contributed by atoms with Gasteiger partial charge in [-0.3, -0.25) is 0 Å². The minimum absolute atomic E-state index is 0.00544. The first-order chi connectivity index (χ1) is 4.87. The Morgan fingerprint density at radius 1 is 1.27 bits per heavy atom. The van der Waals surface area contributed by atoms with Crippen LogP contribution >= 0.6 is 11.6 Å². The van der Waals surface area contributed by atoms with E-state index in [9.17, 15) is 13.2 Å². The van der Waals surface area contributed by atoms with Crippen LogP contribution in [-0.2, 0) is 0 Å². The third-order valence-electron chi connectivity index (χ3n) is 1.63. The van der Waals surface area contributed by atoms with Gasteiger partial charge in [-0.15, -0.1) is 11.6 Å². The second-order valence-electron chi connectivity index (χ2n) is 2.98. The van der Waals surface area contributed by atoms with Gasteiger partial charge in [0.25, 0.3) is 0 Å². The maximum absolute atomic E-state index is 11.8. The lowest BCUT2D eigenvalue weighted by Gasteiger charge is -2.19. The van der Waals surface area contributed by atoms with Gasteiger partial charge in [0.1, 0.15) is 0 Å². The summed E-state index contributed by atoms with van der Waals surface area (Å²) >= 11 is 5.37. The smallest absolute Gasteiger partial charge is 0.171 e. The summed E-state index contributed by atoms with van der Waals surface area (Å²) in [5.41, 5.74) is 0. The van der Waals surface area contributed by atoms with E-state index in [1.807, 2.05) is 0 Å². The molecule has 1 atom stereocenters. The van der Waals surface area contributed by atoms with Crippen LogP contribution in [0.25, 0.3) is 0 Å². The summed E-state index contributed by atoms with van der Waals surface area (Å²) in [5, 5.41) is 0. The molecule has 0 rings (SSSR count). The first-order valence-electron chi connectivity index (χ1n) is 3.49. The first kappa shape index (κ1) is 11.1. The van der Waals surface area contributed by atoms with Crippen LogP contribution in [-0.4, -0.2) is 12.1 Å². The largest absolute Gasteiger partial charge is 0.389 e. The monoisotopic (exact) mass is 188 g/mol. The van der Waals surface area contributed by atoms with Crippen molar-refractivity contribution in [1.82, 2.24) is 0 Å². The van der Waals surface area contributed by atoms with Crippen LogP contribution in [0.4, 0.5) is 13.2 Å². The van der Waals surface area contributed by atoms with E-state index in [2.05, 4.69) is 0 Å². The van der Waals surface area contributed by atoms with E-state index in [1.54, 1.807) is 13.8 Å². The van der Waals surface area contributed by atoms with Gasteiger partial charge in [-0.25, -0.2) is 0 Å². The average Bonchev–Trinajstić information content (AvgIpc) is 1.80. The van der Waals surface area contributed by atoms with E-state index in [0.717, 1.165) is 0 Å². The molecule has 0 bridgehead atoms. The van der Waals surface area contributed by atoms with E-state index in [-0.39, 0.29) is 11.8 Å². The summed E-state index contributed by atoms with van der Waals surface area (Å²) < 4.78 is 35.4. The van der Waals surface area contributed by atoms with Crippen molar-refractivity contribution in [3.8, 4) is 0 Å². The topological polar surface area (TPSA) is 0 Å². The number of alkyl halides is 4. The van der Waals surface area contributed by atoms with Crippen molar-refractivity contribution in [2.75, 3.05) is 5.88 Å². The third kappa shape index (κ3) is 5.36. The molecule has 0 aromatic carbocycles. The number of hydrogen-bond acceptors (Lipinski definition) is 0. The molecule has 0 aliphatic heterocycles. The van der Waals surface area contributed by atoms with E-state index in [4.69, 9.17) is 11.6 Å². The van der Waals surface area contributed by atoms with Gasteiger partial charge < -0.3 is 0 Å². The molecule has 0 aromatic heterocycles. The summed E-state index contributed by atoms with van der Waals surface area (Å²) in [4.78, 5) is 0. The highest BCUT2D eigenvalue weighted by Crippen LogP contribution is 2.29. The molecule has 0 aliphatic carbocycles. The molecule has 4 heteroatoms. The predicted molar refractivity (Wildman–Crippen MR) is 39.7 cm³/mol. The zero-order valence-electron chi connectivity index (χ0n) is 6.58. The van der Waals surface area contributed by atoms with Gasteiger partial charge in [-0.2, -0.15) is 13.2 Å². The van der Waals surface area contributed by atoms with E-state index in [1.165, 1.54) is 0 Å². The van der Waals surface area contributed by atoms with Gasteiger partial charge in [0, 0.05) is 12.3 Å². The fourth-order valence-electron chi connectivity index (χ4n) is 0.766. The Labute approximate surface area is 69.7 Å². The zero-order chi connectivity index (χ0) is 9.07. The zero-order valence-corrected chi connectivity index (χ0v) is 7.34. The Hall–Kier alpha value is 0.0800. The lowest BCUT2D eigenvalue weighted by molar-refractivity contribution is -0.145. The number of rotatable bonds is 3. The van der Waals surface area contributed by atoms with Crippen molar-refractivity contribution in [1.29, 1.82) is 0 Å². The molecule has 0 saturated heterocycles. The summed E-state index contributed by atoms with van der Waals surface area (Å²) in [6.45, 7) is 3.50. The Morgan fingerprint density at radius 2 is 1.73 bits per heavy atom. The third-order valence-corrected chi connectivity index (χ3v) is 2.03. The molecule has 0 amide bonds. The van der Waals surface area contributed by atoms with Crippen molar-refractivity contribution >= 4 is 11.6 Å². The summed E-state index contributed by atoms with van der Waals surface area (Å²) in [5.74, 6) is -0.372. The van der Waals surface area contributed by atoms with Crippen LogP contribution in [0, 0.1) is 11.8 Å². The van der Waals surface area contributed by atoms with Crippen molar-refractivity contribution < 1.29 is 13.2 Å². The molecule has 0 aromatic rings. The fraction of sp³-hybridized carbons (Fsp3) is 1.00. The molecule has 0 N–H and O–H groups in total. The summed E-state index contributed by atoms with van der Waals surface area (Å²) in [6.07, 6.45) is -4.85. The van der Waals surface area contributed by atoms with Gasteiger partial charge >= 0.3 is 6.18 Å². The normalized spacial score (nSPS) is 15.5. The average molecular weight is 189 g/mol. The minimum atomic E-state index is -4.08. The second-order valence-corrected chi connectivity index (χ2v) is 3.29. The molecule has 68 valence electrons. The standard InChI is InChI=1S/C7H12ClF3/c1-5(2)6(4-8)3-7(9,10)11/h5-6H,3-4H2,1-2H3. The molecule has 0 fully saturated rings. The molecule has 0 nitrogen and oxygen atoms in total. The lowest BCUT2D eigenvalue weighted by atomic mass is 9.94. The lowest BCUT2D eigenvalue weighted by Crippen LogP contribution is -2.20. The van der Waals surface area contributed by atoms with Crippen molar-refractivity contribution in [3.63, 3.8) is 0 Å². The second kappa shape index (κ2) is 4.19. The molecular formula is C7H12ClF3. The van der Waals surface area contributed by atoms with E-state index in [0.29, 0.717) is 0 Å². The molecule has 0 heterocycles. The van der Waals surface area contributed by atoms with Crippen LogP contribution in [0.5, 0.6) is 0 Å². The number of hydrogen-bond donors (Lipinski definition) is 0. The fourth-order valence-corrected chi connectivity index (χ4v) is 1.23. The van der Waals surface area contributed by atoms with Crippen molar-refractivity contribution in [3.05, 3.63) is 0 Å². The predicted octanol–water partition coefficient (Wildman–Crippen LogP) is 3.45. The highest BCUT2D eigenvalue weighted by atomic mass is 35.5. The van der Waals surface area contributed by atoms with Gasteiger partial charge in [-0.05, 0) is 11.8 Å². The highest BCUT2D eigenvalue weighted by Gasteiger charge is 2.32. The van der Waals surface area contributed by atoms with Crippen LogP contribution in [0.2, 0.25) is 0 Å². The minimum Gasteiger partial charge on any atom is -0.171 e. The van der Waals surface area contributed by atoms with E-state index >= 15 is 0 Å². The van der Waals surface area contributed by atoms with Gasteiger partial charge in [-0.1, -0.05) is 13.8 Å². The Morgan fingerprint density at radius 3 is 1.82 bits per heavy atom. The molecule has 11 heavy (non-hydrogen) atoms. The highest BCUT2D eigenvalue weighted by molar-refractivity contribution is 6.18. The van der Waals surface area contributed by atoms with Gasteiger partial charge in [0.05, 0.1) is 0 Å². The van der Waals surface area contributed by atoms with Crippen LogP contribution < -0.4 is 0 Å². The first-order valence-corrected chi connectivity index (χ1v) is 4.03.